The summed E-state index contributed by atoms with van der Waals surface area (Å²) in [5, 5.41) is 0.555. The molecule has 0 heterocycles. The van der Waals surface area contributed by atoms with Gasteiger partial charge in [0.15, 0.2) is 6.61 Å². The molecule has 0 atom stereocenters. The summed E-state index contributed by atoms with van der Waals surface area (Å²) >= 11 is 6.04. The number of nitrogens with zero attached hydrogens (tertiary/aromatic N) is 1. The van der Waals surface area contributed by atoms with Crippen LogP contribution in [0.3, 0.4) is 0 Å². The van der Waals surface area contributed by atoms with Crippen molar-refractivity contribution in [1.29, 1.82) is 0 Å². The van der Waals surface area contributed by atoms with Crippen LogP contribution < -0.4 is 4.74 Å². The molecule has 2 fully saturated rings. The molecule has 0 aromatic heterocycles. The average Bonchev–Trinajstić information content (AvgIpc) is 3.13. The molecule has 0 aliphatic heterocycles. The number of benzene rings is 1. The van der Waals surface area contributed by atoms with Crippen molar-refractivity contribution in [3.05, 3.63) is 29.3 Å². The molecule has 108 valence electrons. The van der Waals surface area contributed by atoms with Crippen molar-refractivity contribution in [2.45, 2.75) is 50.6 Å². The van der Waals surface area contributed by atoms with Crippen LogP contribution in [-0.4, -0.2) is 29.5 Å². The van der Waals surface area contributed by atoms with Crippen LogP contribution >= 0.6 is 11.6 Å². The van der Waals surface area contributed by atoms with Crippen LogP contribution in [0.25, 0.3) is 0 Å². The summed E-state index contributed by atoms with van der Waals surface area (Å²) in [6.45, 7) is 0.0940. The Kier molecular flexibility index (Phi) is 4.16. The van der Waals surface area contributed by atoms with Gasteiger partial charge in [0.25, 0.3) is 5.91 Å². The smallest absolute Gasteiger partial charge is 0.261 e. The van der Waals surface area contributed by atoms with Gasteiger partial charge in [-0.2, -0.15) is 0 Å². The maximum Gasteiger partial charge on any atom is 0.261 e. The largest absolute Gasteiger partial charge is 0.482 e. The zero-order valence-electron chi connectivity index (χ0n) is 11.6. The van der Waals surface area contributed by atoms with E-state index < -0.39 is 0 Å². The quantitative estimate of drug-likeness (QED) is 0.829. The van der Waals surface area contributed by atoms with Crippen molar-refractivity contribution in [1.82, 2.24) is 4.90 Å². The molecule has 4 heteroatoms. The van der Waals surface area contributed by atoms with Crippen molar-refractivity contribution >= 4 is 17.5 Å². The van der Waals surface area contributed by atoms with E-state index in [0.717, 1.165) is 25.7 Å². The summed E-state index contributed by atoms with van der Waals surface area (Å²) in [5.74, 6) is 0.698. The first kappa shape index (κ1) is 13.7. The standard InChI is InChI=1S/C16H20ClNO2/c17-14-7-3-4-8-15(14)20-11-16(19)18(13-9-10-13)12-5-1-2-6-12/h3-4,7-8,12-13H,1-2,5-6,9-11H2. The molecule has 1 aromatic rings. The van der Waals surface area contributed by atoms with Crippen LogP contribution in [0, 0.1) is 0 Å². The highest BCUT2D eigenvalue weighted by Crippen LogP contribution is 2.34. The molecule has 2 aliphatic carbocycles. The van der Waals surface area contributed by atoms with Gasteiger partial charge in [-0.1, -0.05) is 36.6 Å². The lowest BCUT2D eigenvalue weighted by atomic mass is 10.2. The topological polar surface area (TPSA) is 29.5 Å². The molecule has 1 amide bonds. The third kappa shape index (κ3) is 3.09. The van der Waals surface area contributed by atoms with Gasteiger partial charge >= 0.3 is 0 Å². The van der Waals surface area contributed by atoms with E-state index >= 15 is 0 Å². The van der Waals surface area contributed by atoms with Gasteiger partial charge in [0.1, 0.15) is 5.75 Å². The number of amides is 1. The van der Waals surface area contributed by atoms with E-state index in [1.54, 1.807) is 12.1 Å². The van der Waals surface area contributed by atoms with Crippen molar-refractivity contribution in [3.8, 4) is 5.75 Å². The van der Waals surface area contributed by atoms with Gasteiger partial charge in [-0.25, -0.2) is 0 Å². The maximum absolute atomic E-state index is 12.5. The molecule has 3 rings (SSSR count). The molecular formula is C16H20ClNO2. The second-order valence-electron chi connectivity index (χ2n) is 5.69. The van der Waals surface area contributed by atoms with Gasteiger partial charge in [-0.15, -0.1) is 0 Å². The zero-order chi connectivity index (χ0) is 13.9. The Morgan fingerprint density at radius 3 is 2.45 bits per heavy atom. The summed E-state index contributed by atoms with van der Waals surface area (Å²) < 4.78 is 5.59. The maximum atomic E-state index is 12.5. The highest BCUT2D eigenvalue weighted by atomic mass is 35.5. The Bertz CT molecular complexity index is 481. The first-order chi connectivity index (χ1) is 9.75. The van der Waals surface area contributed by atoms with Gasteiger partial charge < -0.3 is 9.64 Å². The monoisotopic (exact) mass is 293 g/mol. The molecule has 1 aromatic carbocycles. The van der Waals surface area contributed by atoms with Gasteiger partial charge in [0.05, 0.1) is 5.02 Å². The summed E-state index contributed by atoms with van der Waals surface area (Å²) in [6.07, 6.45) is 7.07. The van der Waals surface area contributed by atoms with Crippen LogP contribution in [0.5, 0.6) is 5.75 Å². The second-order valence-corrected chi connectivity index (χ2v) is 6.10. The fraction of sp³-hybridized carbons (Fsp3) is 0.562. The fourth-order valence-corrected chi connectivity index (χ4v) is 3.21. The van der Waals surface area contributed by atoms with Crippen molar-refractivity contribution in [3.63, 3.8) is 0 Å². The molecule has 2 aliphatic rings. The number of carbonyl (C=O) groups is 1. The zero-order valence-corrected chi connectivity index (χ0v) is 12.3. The molecular weight excluding hydrogens is 274 g/mol. The average molecular weight is 294 g/mol. The number of halogens is 1. The number of carbonyl (C=O) groups excluding carboxylic acids is 1. The molecule has 0 bridgehead atoms. The Morgan fingerprint density at radius 1 is 1.15 bits per heavy atom. The van der Waals surface area contributed by atoms with E-state index in [1.165, 1.54) is 12.8 Å². The minimum absolute atomic E-state index is 0.0940. The van der Waals surface area contributed by atoms with Gasteiger partial charge in [-0.3, -0.25) is 4.79 Å². The number of ether oxygens (including phenoxy) is 1. The summed E-state index contributed by atoms with van der Waals surface area (Å²) in [7, 11) is 0. The van der Waals surface area contributed by atoms with E-state index in [1.807, 2.05) is 12.1 Å². The third-order valence-electron chi connectivity index (χ3n) is 4.13. The predicted octanol–water partition coefficient (Wildman–Crippen LogP) is 3.65. The Morgan fingerprint density at radius 2 is 1.80 bits per heavy atom. The first-order valence-electron chi connectivity index (χ1n) is 7.44. The molecule has 2 saturated carbocycles. The van der Waals surface area contributed by atoms with Gasteiger partial charge in [0, 0.05) is 12.1 Å². The van der Waals surface area contributed by atoms with Crippen LogP contribution in [0.1, 0.15) is 38.5 Å². The van der Waals surface area contributed by atoms with Crippen molar-refractivity contribution in [2.75, 3.05) is 6.61 Å². The predicted molar refractivity (Wildman–Crippen MR) is 79.1 cm³/mol. The number of rotatable bonds is 5. The Hall–Kier alpha value is -1.22. The fourth-order valence-electron chi connectivity index (χ4n) is 3.02. The first-order valence-corrected chi connectivity index (χ1v) is 7.82. The van der Waals surface area contributed by atoms with Crippen LogP contribution in [0.4, 0.5) is 0 Å². The minimum Gasteiger partial charge on any atom is -0.482 e. The van der Waals surface area contributed by atoms with Gasteiger partial charge in [-0.05, 0) is 37.8 Å². The van der Waals surface area contributed by atoms with E-state index in [0.29, 0.717) is 22.9 Å². The van der Waals surface area contributed by atoms with Gasteiger partial charge in [0.2, 0.25) is 0 Å². The molecule has 20 heavy (non-hydrogen) atoms. The molecule has 3 nitrogen and oxygen atoms in total. The molecule has 0 saturated heterocycles. The lowest BCUT2D eigenvalue weighted by molar-refractivity contribution is -0.136. The number of hydrogen-bond donors (Lipinski definition) is 0. The number of hydrogen-bond acceptors (Lipinski definition) is 2. The summed E-state index contributed by atoms with van der Waals surface area (Å²) in [5.41, 5.74) is 0. The third-order valence-corrected chi connectivity index (χ3v) is 4.45. The molecule has 0 spiro atoms. The lowest BCUT2D eigenvalue weighted by Crippen LogP contribution is -2.43. The Balaban J connectivity index is 1.61. The summed E-state index contributed by atoms with van der Waals surface area (Å²) in [6, 6.07) is 8.18. The highest BCUT2D eigenvalue weighted by molar-refractivity contribution is 6.32. The van der Waals surface area contributed by atoms with Crippen LogP contribution in [-0.2, 0) is 4.79 Å². The van der Waals surface area contributed by atoms with Crippen LogP contribution in [0.15, 0.2) is 24.3 Å². The van der Waals surface area contributed by atoms with E-state index in [-0.39, 0.29) is 12.5 Å². The second kappa shape index (κ2) is 6.04. The van der Waals surface area contributed by atoms with Crippen LogP contribution in [0.2, 0.25) is 5.02 Å². The van der Waals surface area contributed by atoms with Crippen molar-refractivity contribution in [2.24, 2.45) is 0 Å². The normalized spacial score (nSPS) is 19.1. The highest BCUT2D eigenvalue weighted by Gasteiger charge is 2.38. The molecule has 0 unspecified atom stereocenters. The molecule has 0 N–H and O–H groups in total. The molecule has 0 radical (unpaired) electrons. The van der Waals surface area contributed by atoms with E-state index in [2.05, 4.69) is 4.90 Å². The minimum atomic E-state index is 0.0940. The number of para-hydroxylation sites is 1. The SMILES string of the molecule is O=C(COc1ccccc1Cl)N(C1CCCC1)C1CC1. The lowest BCUT2D eigenvalue weighted by Gasteiger charge is -2.29. The summed E-state index contributed by atoms with van der Waals surface area (Å²) in [4.78, 5) is 14.5. The van der Waals surface area contributed by atoms with Crippen molar-refractivity contribution < 1.29 is 9.53 Å². The van der Waals surface area contributed by atoms with E-state index in [4.69, 9.17) is 16.3 Å². The van der Waals surface area contributed by atoms with E-state index in [9.17, 15) is 4.79 Å². The Labute approximate surface area is 124 Å².